The topological polar surface area (TPSA) is 30.0 Å². The number of aryl methyl sites for hydroxylation is 1. The van der Waals surface area contributed by atoms with Gasteiger partial charge in [0.1, 0.15) is 0 Å². The van der Waals surface area contributed by atoms with E-state index in [4.69, 9.17) is 0 Å². The number of Topliss-reactive ketones (excluding diaryl/α,β-unsaturated/α-hetero) is 1. The van der Waals surface area contributed by atoms with Gasteiger partial charge in [-0.2, -0.15) is 0 Å². The van der Waals surface area contributed by atoms with E-state index in [9.17, 15) is 4.79 Å². The van der Waals surface area contributed by atoms with Gasteiger partial charge in [-0.15, -0.1) is 0 Å². The van der Waals surface area contributed by atoms with E-state index in [0.717, 1.165) is 21.1 Å². The van der Waals surface area contributed by atoms with Crippen molar-refractivity contribution in [1.29, 1.82) is 0 Å². The summed E-state index contributed by atoms with van der Waals surface area (Å²) < 4.78 is 0.996. The van der Waals surface area contributed by atoms with Gasteiger partial charge >= 0.3 is 0 Å². The Bertz CT molecular complexity index is 549. The summed E-state index contributed by atoms with van der Waals surface area (Å²) in [7, 11) is 0. The predicted octanol–water partition coefficient (Wildman–Crippen LogP) is 3.51. The lowest BCUT2D eigenvalue weighted by Gasteiger charge is -2.04. The maximum Gasteiger partial charge on any atom is 0.161 e. The molecular weight excluding hydrogens is 254 g/mol. The molecule has 15 heavy (non-hydrogen) atoms. The van der Waals surface area contributed by atoms with E-state index in [2.05, 4.69) is 20.9 Å². The number of halogens is 1. The molecule has 3 heteroatoms. The second-order valence-corrected chi connectivity index (χ2v) is 4.43. The quantitative estimate of drug-likeness (QED) is 0.738. The Balaban J connectivity index is 2.77. The first kappa shape index (κ1) is 10.3. The molecule has 2 aromatic rings. The molecule has 0 bridgehead atoms. The third kappa shape index (κ3) is 1.92. The molecule has 0 amide bonds. The van der Waals surface area contributed by atoms with E-state index < -0.39 is 0 Å². The molecule has 0 aliphatic rings. The lowest BCUT2D eigenvalue weighted by Crippen LogP contribution is -1.98. The van der Waals surface area contributed by atoms with Gasteiger partial charge in [0.25, 0.3) is 0 Å². The minimum Gasteiger partial charge on any atom is -0.294 e. The van der Waals surface area contributed by atoms with Crippen LogP contribution >= 0.6 is 15.9 Å². The molecule has 0 radical (unpaired) electrons. The number of fused-ring (bicyclic) bond motifs is 1. The Hall–Kier alpha value is -1.22. The van der Waals surface area contributed by atoms with Gasteiger partial charge in [0.15, 0.2) is 5.78 Å². The van der Waals surface area contributed by atoms with E-state index in [0.29, 0.717) is 5.56 Å². The summed E-state index contributed by atoms with van der Waals surface area (Å²) in [6.07, 6.45) is 0. The maximum atomic E-state index is 11.3. The Kier molecular flexibility index (Phi) is 2.57. The van der Waals surface area contributed by atoms with Gasteiger partial charge < -0.3 is 0 Å². The average Bonchev–Trinajstić information content (AvgIpc) is 2.17. The highest BCUT2D eigenvalue weighted by Crippen LogP contribution is 2.21. The zero-order valence-corrected chi connectivity index (χ0v) is 10.1. The second kappa shape index (κ2) is 3.74. The van der Waals surface area contributed by atoms with Crippen LogP contribution in [0.1, 0.15) is 23.0 Å². The molecule has 1 aromatic heterocycles. The van der Waals surface area contributed by atoms with E-state index in [1.807, 2.05) is 31.2 Å². The smallest absolute Gasteiger partial charge is 0.161 e. The Morgan fingerprint density at radius 3 is 2.73 bits per heavy atom. The maximum absolute atomic E-state index is 11.3. The summed E-state index contributed by atoms with van der Waals surface area (Å²) in [5, 5.41) is 0.986. The van der Waals surface area contributed by atoms with Gasteiger partial charge in [-0.05, 0) is 38.1 Å². The molecule has 76 valence electrons. The number of benzene rings is 1. The monoisotopic (exact) mass is 263 g/mol. The number of carbonyl (C=O) groups excluding carboxylic acids is 1. The van der Waals surface area contributed by atoms with Crippen molar-refractivity contribution in [2.24, 2.45) is 0 Å². The third-order valence-electron chi connectivity index (χ3n) is 2.35. The fraction of sp³-hybridized carbons (Fsp3) is 0.167. The van der Waals surface area contributed by atoms with E-state index in [1.165, 1.54) is 0 Å². The summed E-state index contributed by atoms with van der Waals surface area (Å²) in [5.41, 5.74) is 2.40. The van der Waals surface area contributed by atoms with Crippen molar-refractivity contribution in [3.05, 3.63) is 40.0 Å². The zero-order valence-electron chi connectivity index (χ0n) is 8.54. The predicted molar refractivity (Wildman–Crippen MR) is 64.2 cm³/mol. The first-order valence-corrected chi connectivity index (χ1v) is 5.45. The summed E-state index contributed by atoms with van der Waals surface area (Å²) >= 11 is 3.40. The molecule has 0 saturated carbocycles. The number of hydrogen-bond acceptors (Lipinski definition) is 2. The number of nitrogens with zero attached hydrogens (tertiary/aromatic N) is 1. The molecule has 1 aromatic carbocycles. The van der Waals surface area contributed by atoms with Gasteiger partial charge in [-0.1, -0.05) is 15.9 Å². The normalized spacial score (nSPS) is 10.6. The van der Waals surface area contributed by atoms with Crippen molar-refractivity contribution in [2.75, 3.05) is 0 Å². The fourth-order valence-electron chi connectivity index (χ4n) is 1.60. The van der Waals surface area contributed by atoms with Gasteiger partial charge in [-0.3, -0.25) is 9.78 Å². The van der Waals surface area contributed by atoms with Crippen molar-refractivity contribution >= 4 is 32.6 Å². The second-order valence-electron chi connectivity index (χ2n) is 3.51. The molecule has 0 saturated heterocycles. The van der Waals surface area contributed by atoms with Crippen molar-refractivity contribution in [2.45, 2.75) is 13.8 Å². The van der Waals surface area contributed by atoms with Crippen molar-refractivity contribution in [3.8, 4) is 0 Å². The van der Waals surface area contributed by atoms with Gasteiger partial charge in [0, 0.05) is 21.1 Å². The standard InChI is InChI=1S/C12H10BrNO/c1-7-11(8(2)15)6-9-5-10(13)3-4-12(9)14-7/h3-6H,1-2H3. The molecule has 2 rings (SSSR count). The van der Waals surface area contributed by atoms with Crippen LogP contribution in [0, 0.1) is 6.92 Å². The summed E-state index contributed by atoms with van der Waals surface area (Å²) in [6, 6.07) is 7.75. The minimum atomic E-state index is 0.0573. The number of rotatable bonds is 1. The highest BCUT2D eigenvalue weighted by atomic mass is 79.9. The number of hydrogen-bond donors (Lipinski definition) is 0. The highest BCUT2D eigenvalue weighted by molar-refractivity contribution is 9.10. The molecule has 0 aliphatic carbocycles. The average molecular weight is 264 g/mol. The van der Waals surface area contributed by atoms with Crippen molar-refractivity contribution in [1.82, 2.24) is 4.98 Å². The molecular formula is C12H10BrNO. The number of ketones is 1. The number of carbonyl (C=O) groups is 1. The first-order chi connectivity index (χ1) is 7.08. The van der Waals surface area contributed by atoms with Crippen LogP contribution in [-0.2, 0) is 0 Å². The van der Waals surface area contributed by atoms with Crippen LogP contribution in [0.2, 0.25) is 0 Å². The molecule has 0 atom stereocenters. The lowest BCUT2D eigenvalue weighted by molar-refractivity contribution is 0.101. The highest BCUT2D eigenvalue weighted by Gasteiger charge is 2.07. The first-order valence-electron chi connectivity index (χ1n) is 4.66. The van der Waals surface area contributed by atoms with Crippen LogP contribution < -0.4 is 0 Å². The molecule has 0 unspecified atom stereocenters. The number of aromatic nitrogens is 1. The van der Waals surface area contributed by atoms with Crippen LogP contribution in [0.25, 0.3) is 10.9 Å². The van der Waals surface area contributed by atoms with Crippen LogP contribution in [0.4, 0.5) is 0 Å². The SMILES string of the molecule is CC(=O)c1cc2cc(Br)ccc2nc1C. The summed E-state index contributed by atoms with van der Waals surface area (Å²) in [4.78, 5) is 15.7. The molecule has 1 heterocycles. The number of pyridine rings is 1. The van der Waals surface area contributed by atoms with E-state index in [1.54, 1.807) is 6.92 Å². The summed E-state index contributed by atoms with van der Waals surface area (Å²) in [6.45, 7) is 3.42. The van der Waals surface area contributed by atoms with Crippen LogP contribution in [0.3, 0.4) is 0 Å². The van der Waals surface area contributed by atoms with Crippen LogP contribution in [-0.4, -0.2) is 10.8 Å². The van der Waals surface area contributed by atoms with Crippen LogP contribution in [0.15, 0.2) is 28.7 Å². The molecule has 0 fully saturated rings. The Morgan fingerprint density at radius 2 is 2.07 bits per heavy atom. The summed E-state index contributed by atoms with van der Waals surface area (Å²) in [5.74, 6) is 0.0573. The largest absolute Gasteiger partial charge is 0.294 e. The molecule has 0 aliphatic heterocycles. The van der Waals surface area contributed by atoms with E-state index >= 15 is 0 Å². The van der Waals surface area contributed by atoms with Crippen LogP contribution in [0.5, 0.6) is 0 Å². The fourth-order valence-corrected chi connectivity index (χ4v) is 1.98. The Labute approximate surface area is 96.5 Å². The molecule has 0 N–H and O–H groups in total. The van der Waals surface area contributed by atoms with Gasteiger partial charge in [0.05, 0.1) is 5.52 Å². The van der Waals surface area contributed by atoms with Gasteiger partial charge in [-0.25, -0.2) is 0 Å². The molecule has 0 spiro atoms. The molecule has 2 nitrogen and oxygen atoms in total. The van der Waals surface area contributed by atoms with Gasteiger partial charge in [0.2, 0.25) is 0 Å². The Morgan fingerprint density at radius 1 is 1.33 bits per heavy atom. The third-order valence-corrected chi connectivity index (χ3v) is 2.84. The lowest BCUT2D eigenvalue weighted by atomic mass is 10.1. The van der Waals surface area contributed by atoms with Crippen molar-refractivity contribution < 1.29 is 4.79 Å². The minimum absolute atomic E-state index is 0.0573. The van der Waals surface area contributed by atoms with Crippen molar-refractivity contribution in [3.63, 3.8) is 0 Å². The van der Waals surface area contributed by atoms with E-state index in [-0.39, 0.29) is 5.78 Å². The zero-order chi connectivity index (χ0) is 11.0.